The van der Waals surface area contributed by atoms with Gasteiger partial charge < -0.3 is 0 Å². The van der Waals surface area contributed by atoms with Gasteiger partial charge in [0, 0.05) is 5.56 Å². The Morgan fingerprint density at radius 3 is 2.11 bits per heavy atom. The van der Waals surface area contributed by atoms with Crippen molar-refractivity contribution in [1.29, 1.82) is 0 Å². The van der Waals surface area contributed by atoms with Crippen LogP contribution < -0.4 is 5.14 Å². The van der Waals surface area contributed by atoms with Crippen LogP contribution in [0.2, 0.25) is 0 Å². The normalized spacial score (nSPS) is 11.5. The molecule has 0 bridgehead atoms. The van der Waals surface area contributed by atoms with Crippen molar-refractivity contribution in [2.75, 3.05) is 0 Å². The summed E-state index contributed by atoms with van der Waals surface area (Å²) in [6.45, 7) is 3.65. The van der Waals surface area contributed by atoms with Crippen LogP contribution >= 0.6 is 0 Å². The minimum Gasteiger partial charge on any atom is -0.225 e. The SMILES string of the molecule is Cc1ccc(-c2ccccc2)c(S(N)(=O)=O)c1C. The molecule has 0 atom stereocenters. The fourth-order valence-corrected chi connectivity index (χ4v) is 3.08. The molecule has 0 heterocycles. The summed E-state index contributed by atoms with van der Waals surface area (Å²) in [4.78, 5) is 0.216. The Hall–Kier alpha value is -1.65. The van der Waals surface area contributed by atoms with Crippen molar-refractivity contribution in [3.63, 3.8) is 0 Å². The van der Waals surface area contributed by atoms with Crippen LogP contribution in [0, 0.1) is 13.8 Å². The largest absolute Gasteiger partial charge is 0.238 e. The summed E-state index contributed by atoms with van der Waals surface area (Å²) in [7, 11) is -3.73. The van der Waals surface area contributed by atoms with Crippen molar-refractivity contribution in [2.24, 2.45) is 5.14 Å². The molecular weight excluding hydrogens is 246 g/mol. The van der Waals surface area contributed by atoms with Gasteiger partial charge in [0.25, 0.3) is 0 Å². The molecule has 0 unspecified atom stereocenters. The Morgan fingerprint density at radius 1 is 0.944 bits per heavy atom. The molecule has 0 aliphatic rings. The van der Waals surface area contributed by atoms with Crippen molar-refractivity contribution < 1.29 is 8.42 Å². The van der Waals surface area contributed by atoms with E-state index in [0.29, 0.717) is 11.1 Å². The lowest BCUT2D eigenvalue weighted by molar-refractivity contribution is 0.597. The Kier molecular flexibility index (Phi) is 3.24. The summed E-state index contributed by atoms with van der Waals surface area (Å²) < 4.78 is 23.6. The summed E-state index contributed by atoms with van der Waals surface area (Å²) in [5.41, 5.74) is 3.13. The average Bonchev–Trinajstić information content (AvgIpc) is 2.32. The van der Waals surface area contributed by atoms with E-state index in [4.69, 9.17) is 5.14 Å². The standard InChI is InChI=1S/C14H15NO2S/c1-10-8-9-13(12-6-4-3-5-7-12)14(11(10)2)18(15,16)17/h3-9H,1-2H3,(H2,15,16,17). The van der Waals surface area contributed by atoms with Gasteiger partial charge in [-0.1, -0.05) is 42.5 Å². The first-order valence-corrected chi connectivity index (χ1v) is 7.14. The zero-order valence-corrected chi connectivity index (χ0v) is 11.2. The van der Waals surface area contributed by atoms with Gasteiger partial charge in [-0.15, -0.1) is 0 Å². The molecule has 0 saturated carbocycles. The van der Waals surface area contributed by atoms with Crippen LogP contribution in [0.3, 0.4) is 0 Å². The molecule has 0 saturated heterocycles. The Morgan fingerprint density at radius 2 is 1.56 bits per heavy atom. The van der Waals surface area contributed by atoms with Gasteiger partial charge in [-0.2, -0.15) is 0 Å². The van der Waals surface area contributed by atoms with Crippen molar-refractivity contribution >= 4 is 10.0 Å². The molecule has 0 amide bonds. The maximum atomic E-state index is 11.8. The first kappa shape index (κ1) is 12.8. The van der Waals surface area contributed by atoms with Crippen molar-refractivity contribution in [3.8, 4) is 11.1 Å². The van der Waals surface area contributed by atoms with Crippen LogP contribution in [0.1, 0.15) is 11.1 Å². The van der Waals surface area contributed by atoms with Crippen molar-refractivity contribution in [1.82, 2.24) is 0 Å². The predicted molar refractivity (Wildman–Crippen MR) is 72.7 cm³/mol. The summed E-state index contributed by atoms with van der Waals surface area (Å²) in [6.07, 6.45) is 0. The third-order valence-corrected chi connectivity index (χ3v) is 4.14. The predicted octanol–water partition coefficient (Wildman–Crippen LogP) is 2.62. The third-order valence-electron chi connectivity index (χ3n) is 3.05. The smallest absolute Gasteiger partial charge is 0.225 e. The van der Waals surface area contributed by atoms with Gasteiger partial charge in [-0.25, -0.2) is 13.6 Å². The first-order chi connectivity index (χ1) is 8.41. The second-order valence-electron chi connectivity index (χ2n) is 4.30. The van der Waals surface area contributed by atoms with Crippen molar-refractivity contribution in [2.45, 2.75) is 18.7 Å². The summed E-state index contributed by atoms with van der Waals surface area (Å²) in [6, 6.07) is 13.1. The average molecular weight is 261 g/mol. The molecule has 0 radical (unpaired) electrons. The fourth-order valence-electron chi connectivity index (χ4n) is 2.00. The molecule has 0 spiro atoms. The molecule has 94 valence electrons. The molecular formula is C14H15NO2S. The second kappa shape index (κ2) is 4.55. The number of nitrogens with two attached hydrogens (primary N) is 1. The van der Waals surface area contributed by atoms with E-state index in [9.17, 15) is 8.42 Å². The lowest BCUT2D eigenvalue weighted by atomic mass is 10.0. The Labute approximate surface area is 107 Å². The summed E-state index contributed by atoms with van der Waals surface area (Å²) >= 11 is 0. The van der Waals surface area contributed by atoms with Gasteiger partial charge >= 0.3 is 0 Å². The van der Waals surface area contributed by atoms with Gasteiger partial charge in [-0.05, 0) is 30.5 Å². The fraction of sp³-hybridized carbons (Fsp3) is 0.143. The second-order valence-corrected chi connectivity index (χ2v) is 5.79. The monoisotopic (exact) mass is 261 g/mol. The van der Waals surface area contributed by atoms with E-state index < -0.39 is 10.0 Å². The highest BCUT2D eigenvalue weighted by Crippen LogP contribution is 2.30. The first-order valence-electron chi connectivity index (χ1n) is 5.59. The maximum absolute atomic E-state index is 11.8. The van der Waals surface area contributed by atoms with Crippen LogP contribution in [0.25, 0.3) is 11.1 Å². The summed E-state index contributed by atoms with van der Waals surface area (Å²) in [5, 5.41) is 5.34. The minimum absolute atomic E-state index is 0.216. The minimum atomic E-state index is -3.73. The lowest BCUT2D eigenvalue weighted by Crippen LogP contribution is -2.15. The highest BCUT2D eigenvalue weighted by Gasteiger charge is 2.19. The number of aryl methyl sites for hydroxylation is 1. The van der Waals surface area contributed by atoms with Crippen molar-refractivity contribution in [3.05, 3.63) is 53.6 Å². The third kappa shape index (κ3) is 2.30. The number of sulfonamides is 1. The zero-order valence-electron chi connectivity index (χ0n) is 10.3. The van der Waals surface area contributed by atoms with Gasteiger partial charge in [0.2, 0.25) is 10.0 Å². The maximum Gasteiger partial charge on any atom is 0.238 e. The molecule has 0 fully saturated rings. The number of benzene rings is 2. The van der Waals surface area contributed by atoms with Crippen LogP contribution in [0.4, 0.5) is 0 Å². The highest BCUT2D eigenvalue weighted by atomic mass is 32.2. The molecule has 4 heteroatoms. The van der Waals surface area contributed by atoms with E-state index in [2.05, 4.69) is 0 Å². The topological polar surface area (TPSA) is 60.2 Å². The van der Waals surface area contributed by atoms with Crippen LogP contribution in [-0.2, 0) is 10.0 Å². The molecule has 2 rings (SSSR count). The van der Waals surface area contributed by atoms with E-state index >= 15 is 0 Å². The molecule has 0 aliphatic carbocycles. The van der Waals surface area contributed by atoms with Crippen LogP contribution in [0.15, 0.2) is 47.4 Å². The molecule has 18 heavy (non-hydrogen) atoms. The van der Waals surface area contributed by atoms with E-state index in [1.807, 2.05) is 43.3 Å². The van der Waals surface area contributed by atoms with E-state index in [-0.39, 0.29) is 4.90 Å². The molecule has 0 aromatic heterocycles. The van der Waals surface area contributed by atoms with E-state index in [0.717, 1.165) is 11.1 Å². The highest BCUT2D eigenvalue weighted by molar-refractivity contribution is 7.89. The van der Waals surface area contributed by atoms with Gasteiger partial charge in [-0.3, -0.25) is 0 Å². The molecule has 2 aromatic carbocycles. The van der Waals surface area contributed by atoms with Gasteiger partial charge in [0.15, 0.2) is 0 Å². The number of primary sulfonamides is 1. The quantitative estimate of drug-likeness (QED) is 0.903. The zero-order chi connectivity index (χ0) is 13.3. The summed E-state index contributed by atoms with van der Waals surface area (Å²) in [5.74, 6) is 0. The molecule has 3 nitrogen and oxygen atoms in total. The number of hydrogen-bond acceptors (Lipinski definition) is 2. The Bertz CT molecular complexity index is 676. The molecule has 2 N–H and O–H groups in total. The van der Waals surface area contributed by atoms with Gasteiger partial charge in [0.05, 0.1) is 4.90 Å². The van der Waals surface area contributed by atoms with Crippen LogP contribution in [-0.4, -0.2) is 8.42 Å². The van der Waals surface area contributed by atoms with E-state index in [1.54, 1.807) is 13.0 Å². The lowest BCUT2D eigenvalue weighted by Gasteiger charge is -2.13. The number of hydrogen-bond donors (Lipinski definition) is 1. The Balaban J connectivity index is 2.82. The van der Waals surface area contributed by atoms with Gasteiger partial charge in [0.1, 0.15) is 0 Å². The van der Waals surface area contributed by atoms with E-state index in [1.165, 1.54) is 0 Å². The number of rotatable bonds is 2. The van der Waals surface area contributed by atoms with Crippen LogP contribution in [0.5, 0.6) is 0 Å². The molecule has 0 aliphatic heterocycles. The molecule has 2 aromatic rings.